The van der Waals surface area contributed by atoms with E-state index in [9.17, 15) is 0 Å². The van der Waals surface area contributed by atoms with Crippen molar-refractivity contribution in [2.75, 3.05) is 0 Å². The van der Waals surface area contributed by atoms with Crippen molar-refractivity contribution < 1.29 is 0 Å². The largest absolute Gasteiger partial charge is 0.325 e. The third kappa shape index (κ3) is 1.28. The fourth-order valence-electron chi connectivity index (χ4n) is 0.719. The summed E-state index contributed by atoms with van der Waals surface area (Å²) in [5, 5.41) is 4.51. The molecule has 0 aromatic carbocycles. The van der Waals surface area contributed by atoms with Gasteiger partial charge in [-0.15, -0.1) is 0 Å². The fourth-order valence-corrected chi connectivity index (χ4v) is 1.62. The van der Waals surface area contributed by atoms with E-state index in [-0.39, 0.29) is 0 Å². The Hall–Kier alpha value is 0.190. The lowest BCUT2D eigenvalue weighted by Gasteiger charge is -1.95. The predicted molar refractivity (Wildman–Crippen MR) is 48.8 cm³/mol. The van der Waals surface area contributed by atoms with E-state index in [2.05, 4.69) is 27.7 Å². The zero-order valence-electron chi connectivity index (χ0n) is 5.43. The summed E-state index contributed by atoms with van der Waals surface area (Å²) in [6, 6.07) is 0. The van der Waals surface area contributed by atoms with Crippen LogP contribution in [0.2, 0.25) is 5.15 Å². The van der Waals surface area contributed by atoms with Gasteiger partial charge in [0.1, 0.15) is 0 Å². The van der Waals surface area contributed by atoms with Crippen LogP contribution in [0.25, 0.3) is 0 Å². The minimum Gasteiger partial charge on any atom is -0.325 e. The van der Waals surface area contributed by atoms with Crippen LogP contribution in [-0.4, -0.2) is 9.78 Å². The van der Waals surface area contributed by atoms with Gasteiger partial charge in [0.25, 0.3) is 0 Å². The molecule has 56 valence electrons. The average Bonchev–Trinajstić information content (AvgIpc) is 2.09. The molecule has 3 nitrogen and oxygen atoms in total. The van der Waals surface area contributed by atoms with Gasteiger partial charge in [0, 0.05) is 13.6 Å². The zero-order valence-corrected chi connectivity index (χ0v) is 8.35. The quantitative estimate of drug-likeness (QED) is 0.778. The molecule has 0 amide bonds. The molecular formula is C5H7ClIN3. The Balaban J connectivity index is 3.20. The van der Waals surface area contributed by atoms with E-state index in [0.717, 1.165) is 9.26 Å². The van der Waals surface area contributed by atoms with Gasteiger partial charge in [-0.25, -0.2) is 0 Å². The van der Waals surface area contributed by atoms with E-state index in [1.54, 1.807) is 4.68 Å². The smallest absolute Gasteiger partial charge is 0.164 e. The molecule has 0 atom stereocenters. The molecule has 0 bridgehead atoms. The maximum absolute atomic E-state index is 5.72. The van der Waals surface area contributed by atoms with Gasteiger partial charge in [-0.3, -0.25) is 4.68 Å². The lowest BCUT2D eigenvalue weighted by molar-refractivity contribution is 0.711. The first kappa shape index (κ1) is 8.29. The Bertz CT molecular complexity index is 245. The number of rotatable bonds is 1. The second-order valence-corrected chi connectivity index (χ2v) is 3.32. The third-order valence-electron chi connectivity index (χ3n) is 1.26. The van der Waals surface area contributed by atoms with E-state index in [1.807, 2.05) is 7.05 Å². The maximum Gasteiger partial charge on any atom is 0.164 e. The monoisotopic (exact) mass is 271 g/mol. The summed E-state index contributed by atoms with van der Waals surface area (Å²) in [5.74, 6) is 0. The molecule has 0 aliphatic carbocycles. The number of nitrogens with two attached hydrogens (primary N) is 1. The number of hydrogen-bond acceptors (Lipinski definition) is 2. The molecule has 1 heterocycles. The Morgan fingerprint density at radius 2 is 2.40 bits per heavy atom. The van der Waals surface area contributed by atoms with Crippen LogP contribution in [0.5, 0.6) is 0 Å². The normalized spacial score (nSPS) is 10.4. The minimum atomic E-state index is 0.481. The highest BCUT2D eigenvalue weighted by Gasteiger charge is 2.08. The average molecular weight is 271 g/mol. The van der Waals surface area contributed by atoms with Gasteiger partial charge in [-0.1, -0.05) is 11.6 Å². The molecule has 0 saturated carbocycles. The molecule has 5 heteroatoms. The van der Waals surface area contributed by atoms with Crippen molar-refractivity contribution in [2.45, 2.75) is 6.54 Å². The van der Waals surface area contributed by atoms with E-state index in [4.69, 9.17) is 17.3 Å². The molecule has 0 fully saturated rings. The summed E-state index contributed by atoms with van der Waals surface area (Å²) < 4.78 is 2.65. The first-order valence-corrected chi connectivity index (χ1v) is 4.19. The van der Waals surface area contributed by atoms with E-state index < -0.39 is 0 Å². The van der Waals surface area contributed by atoms with Crippen LogP contribution in [0.15, 0.2) is 0 Å². The SMILES string of the molecule is Cn1nc(Cl)c(I)c1CN. The zero-order chi connectivity index (χ0) is 7.72. The molecule has 1 aromatic heterocycles. The molecular weight excluding hydrogens is 264 g/mol. The van der Waals surface area contributed by atoms with Crippen molar-refractivity contribution in [3.05, 3.63) is 14.4 Å². The van der Waals surface area contributed by atoms with Crippen molar-refractivity contribution >= 4 is 34.2 Å². The Morgan fingerprint density at radius 3 is 2.60 bits per heavy atom. The molecule has 2 N–H and O–H groups in total. The second-order valence-electron chi connectivity index (χ2n) is 1.88. The fraction of sp³-hybridized carbons (Fsp3) is 0.400. The number of aromatic nitrogens is 2. The van der Waals surface area contributed by atoms with E-state index in [1.165, 1.54) is 0 Å². The van der Waals surface area contributed by atoms with E-state index in [0.29, 0.717) is 11.7 Å². The van der Waals surface area contributed by atoms with Crippen molar-refractivity contribution in [3.8, 4) is 0 Å². The minimum absolute atomic E-state index is 0.481. The number of halogens is 2. The molecule has 1 rings (SSSR count). The topological polar surface area (TPSA) is 43.8 Å². The molecule has 0 aliphatic heterocycles. The molecule has 0 radical (unpaired) electrons. The molecule has 1 aromatic rings. The Kier molecular flexibility index (Phi) is 2.54. The highest BCUT2D eigenvalue weighted by atomic mass is 127. The third-order valence-corrected chi connectivity index (χ3v) is 2.97. The lowest BCUT2D eigenvalue weighted by atomic mass is 10.4. The number of aryl methyl sites for hydroxylation is 1. The van der Waals surface area contributed by atoms with Crippen molar-refractivity contribution in [2.24, 2.45) is 12.8 Å². The summed E-state index contributed by atoms with van der Waals surface area (Å²) in [7, 11) is 1.83. The molecule has 0 saturated heterocycles. The highest BCUT2D eigenvalue weighted by Crippen LogP contribution is 2.19. The first-order valence-electron chi connectivity index (χ1n) is 2.73. The summed E-state index contributed by atoms with van der Waals surface area (Å²) in [4.78, 5) is 0. The number of nitrogens with zero attached hydrogens (tertiary/aromatic N) is 2. The summed E-state index contributed by atoms with van der Waals surface area (Å²) >= 11 is 7.85. The first-order chi connectivity index (χ1) is 4.66. The van der Waals surface area contributed by atoms with Crippen LogP contribution in [0.1, 0.15) is 5.69 Å². The lowest BCUT2D eigenvalue weighted by Crippen LogP contribution is -2.05. The van der Waals surface area contributed by atoms with Crippen molar-refractivity contribution in [1.82, 2.24) is 9.78 Å². The van der Waals surface area contributed by atoms with Gasteiger partial charge in [-0.2, -0.15) is 5.10 Å². The van der Waals surface area contributed by atoms with Crippen LogP contribution in [0.3, 0.4) is 0 Å². The molecule has 0 aliphatic rings. The van der Waals surface area contributed by atoms with Gasteiger partial charge >= 0.3 is 0 Å². The van der Waals surface area contributed by atoms with Gasteiger partial charge in [0.05, 0.1) is 9.26 Å². The summed E-state index contributed by atoms with van der Waals surface area (Å²) in [6.07, 6.45) is 0. The van der Waals surface area contributed by atoms with Gasteiger partial charge in [0.15, 0.2) is 5.15 Å². The second kappa shape index (κ2) is 3.06. The molecule has 0 spiro atoms. The number of hydrogen-bond donors (Lipinski definition) is 1. The van der Waals surface area contributed by atoms with Crippen LogP contribution in [-0.2, 0) is 13.6 Å². The molecule has 10 heavy (non-hydrogen) atoms. The predicted octanol–water partition coefficient (Wildman–Crippen LogP) is 1.14. The standard InChI is InChI=1S/C5H7ClIN3/c1-10-3(2-8)4(7)5(6)9-10/h2,8H2,1H3. The van der Waals surface area contributed by atoms with Gasteiger partial charge in [0.2, 0.25) is 0 Å². The van der Waals surface area contributed by atoms with Crippen molar-refractivity contribution in [1.29, 1.82) is 0 Å². The van der Waals surface area contributed by atoms with Crippen LogP contribution >= 0.6 is 34.2 Å². The Labute approximate surface area is 77.7 Å². The van der Waals surface area contributed by atoms with Crippen LogP contribution in [0, 0.1) is 3.57 Å². The summed E-state index contributed by atoms with van der Waals surface area (Å²) in [6.45, 7) is 0.481. The summed E-state index contributed by atoms with van der Waals surface area (Å²) in [5.41, 5.74) is 6.42. The Morgan fingerprint density at radius 1 is 1.80 bits per heavy atom. The van der Waals surface area contributed by atoms with Crippen molar-refractivity contribution in [3.63, 3.8) is 0 Å². The highest BCUT2D eigenvalue weighted by molar-refractivity contribution is 14.1. The van der Waals surface area contributed by atoms with Crippen LogP contribution < -0.4 is 5.73 Å². The van der Waals surface area contributed by atoms with Gasteiger partial charge in [-0.05, 0) is 22.6 Å². The van der Waals surface area contributed by atoms with Gasteiger partial charge < -0.3 is 5.73 Å². The van der Waals surface area contributed by atoms with E-state index >= 15 is 0 Å². The molecule has 0 unspecified atom stereocenters. The maximum atomic E-state index is 5.72. The van der Waals surface area contributed by atoms with Crippen LogP contribution in [0.4, 0.5) is 0 Å².